The van der Waals surface area contributed by atoms with Gasteiger partial charge in [0.25, 0.3) is 5.91 Å². The van der Waals surface area contributed by atoms with Crippen LogP contribution in [0.1, 0.15) is 40.4 Å². The number of furan rings is 1. The maximum absolute atomic E-state index is 12.6. The van der Waals surface area contributed by atoms with Crippen LogP contribution in [0.4, 0.5) is 11.6 Å². The number of nitrogens with one attached hydrogen (secondary N) is 1. The highest BCUT2D eigenvalue weighted by atomic mass is 16.3. The molecule has 1 unspecified atom stereocenters. The highest BCUT2D eigenvalue weighted by molar-refractivity contribution is 5.93. The van der Waals surface area contributed by atoms with Gasteiger partial charge in [0.05, 0.1) is 17.5 Å². The number of hydrogen-bond donors (Lipinski definition) is 1. The average Bonchev–Trinajstić information content (AvgIpc) is 3.24. The number of anilines is 2. The van der Waals surface area contributed by atoms with Crippen LogP contribution in [0.15, 0.2) is 59.5 Å². The van der Waals surface area contributed by atoms with Gasteiger partial charge in [0.1, 0.15) is 6.26 Å². The lowest BCUT2D eigenvalue weighted by molar-refractivity contribution is 0.0705. The van der Waals surface area contributed by atoms with E-state index in [4.69, 9.17) is 9.40 Å². The molecule has 6 nitrogen and oxygen atoms in total. The molecular weight excluding hydrogens is 340 g/mol. The van der Waals surface area contributed by atoms with Gasteiger partial charge >= 0.3 is 0 Å². The van der Waals surface area contributed by atoms with Gasteiger partial charge in [0.2, 0.25) is 5.95 Å². The van der Waals surface area contributed by atoms with Crippen molar-refractivity contribution >= 4 is 17.5 Å². The zero-order valence-corrected chi connectivity index (χ0v) is 15.3. The SMILES string of the molecule is Cc1ccccc1Nc1nccc(C2CCCN(C(=O)c3ccoc3)C2)n1. The fourth-order valence-corrected chi connectivity index (χ4v) is 3.47. The van der Waals surface area contributed by atoms with E-state index in [1.54, 1.807) is 12.3 Å². The first kappa shape index (κ1) is 17.3. The second-order valence-corrected chi connectivity index (χ2v) is 6.85. The second-order valence-electron chi connectivity index (χ2n) is 6.85. The Labute approximate surface area is 158 Å². The van der Waals surface area contributed by atoms with Crippen LogP contribution in [-0.2, 0) is 0 Å². The van der Waals surface area contributed by atoms with E-state index in [0.717, 1.165) is 36.3 Å². The van der Waals surface area contributed by atoms with Crippen LogP contribution in [0.2, 0.25) is 0 Å². The molecule has 2 aromatic heterocycles. The molecule has 0 aliphatic carbocycles. The number of carbonyl (C=O) groups is 1. The molecule has 0 bridgehead atoms. The largest absolute Gasteiger partial charge is 0.472 e. The Morgan fingerprint density at radius 2 is 2.15 bits per heavy atom. The third-order valence-corrected chi connectivity index (χ3v) is 4.96. The molecule has 4 rings (SSSR count). The van der Waals surface area contributed by atoms with Crippen LogP contribution in [0.3, 0.4) is 0 Å². The van der Waals surface area contributed by atoms with Crippen molar-refractivity contribution in [3.63, 3.8) is 0 Å². The monoisotopic (exact) mass is 362 g/mol. The van der Waals surface area contributed by atoms with Gasteiger partial charge in [-0.25, -0.2) is 9.97 Å². The summed E-state index contributed by atoms with van der Waals surface area (Å²) in [4.78, 5) is 23.5. The van der Waals surface area contributed by atoms with Crippen molar-refractivity contribution < 1.29 is 9.21 Å². The van der Waals surface area contributed by atoms with E-state index in [0.29, 0.717) is 18.1 Å². The Morgan fingerprint density at radius 3 is 2.96 bits per heavy atom. The van der Waals surface area contributed by atoms with Gasteiger partial charge in [-0.15, -0.1) is 0 Å². The molecule has 1 amide bonds. The lowest BCUT2D eigenvalue weighted by atomic mass is 9.94. The van der Waals surface area contributed by atoms with Gasteiger partial charge < -0.3 is 14.6 Å². The molecule has 0 saturated carbocycles. The summed E-state index contributed by atoms with van der Waals surface area (Å²) in [6.45, 7) is 3.47. The van der Waals surface area contributed by atoms with Crippen LogP contribution < -0.4 is 5.32 Å². The molecule has 6 heteroatoms. The Morgan fingerprint density at radius 1 is 1.26 bits per heavy atom. The fraction of sp³-hybridized carbons (Fsp3) is 0.286. The molecule has 0 spiro atoms. The highest BCUT2D eigenvalue weighted by Gasteiger charge is 2.27. The van der Waals surface area contributed by atoms with Crippen molar-refractivity contribution in [1.82, 2.24) is 14.9 Å². The van der Waals surface area contributed by atoms with Gasteiger partial charge in [0.15, 0.2) is 0 Å². The molecule has 3 aromatic rings. The predicted molar refractivity (Wildman–Crippen MR) is 103 cm³/mol. The van der Waals surface area contributed by atoms with E-state index < -0.39 is 0 Å². The van der Waals surface area contributed by atoms with Crippen molar-refractivity contribution in [1.29, 1.82) is 0 Å². The zero-order valence-electron chi connectivity index (χ0n) is 15.3. The number of piperidine rings is 1. The first-order valence-corrected chi connectivity index (χ1v) is 9.18. The van der Waals surface area contributed by atoms with Crippen molar-refractivity contribution in [3.05, 3.63) is 71.9 Å². The van der Waals surface area contributed by atoms with Crippen molar-refractivity contribution in [3.8, 4) is 0 Å². The van der Waals surface area contributed by atoms with Crippen LogP contribution in [0.5, 0.6) is 0 Å². The molecule has 0 radical (unpaired) electrons. The van der Waals surface area contributed by atoms with E-state index in [2.05, 4.69) is 10.3 Å². The molecule has 1 aliphatic heterocycles. The van der Waals surface area contributed by atoms with Gasteiger partial charge in [-0.2, -0.15) is 0 Å². The van der Waals surface area contributed by atoms with Gasteiger partial charge in [0, 0.05) is 30.9 Å². The number of aromatic nitrogens is 2. The average molecular weight is 362 g/mol. The summed E-state index contributed by atoms with van der Waals surface area (Å²) in [7, 11) is 0. The van der Waals surface area contributed by atoms with Gasteiger partial charge in [-0.1, -0.05) is 18.2 Å². The minimum Gasteiger partial charge on any atom is -0.472 e. The normalized spacial score (nSPS) is 16.9. The van der Waals surface area contributed by atoms with E-state index in [9.17, 15) is 4.79 Å². The molecule has 27 heavy (non-hydrogen) atoms. The minimum absolute atomic E-state index is 0.0146. The quantitative estimate of drug-likeness (QED) is 0.755. The third kappa shape index (κ3) is 3.84. The third-order valence-electron chi connectivity index (χ3n) is 4.96. The Bertz CT molecular complexity index is 923. The summed E-state index contributed by atoms with van der Waals surface area (Å²) in [6, 6.07) is 11.7. The summed E-state index contributed by atoms with van der Waals surface area (Å²) in [6.07, 6.45) is 6.78. The van der Waals surface area contributed by atoms with Crippen molar-refractivity contribution in [2.75, 3.05) is 18.4 Å². The summed E-state index contributed by atoms with van der Waals surface area (Å²) >= 11 is 0. The molecule has 1 aliphatic rings. The number of amides is 1. The number of likely N-dealkylation sites (tertiary alicyclic amines) is 1. The molecule has 1 saturated heterocycles. The first-order chi connectivity index (χ1) is 13.2. The van der Waals surface area contributed by atoms with Crippen LogP contribution >= 0.6 is 0 Å². The molecule has 1 fully saturated rings. The fourth-order valence-electron chi connectivity index (χ4n) is 3.47. The van der Waals surface area contributed by atoms with E-state index in [-0.39, 0.29) is 11.8 Å². The number of rotatable bonds is 4. The number of nitrogens with zero attached hydrogens (tertiary/aromatic N) is 3. The van der Waals surface area contributed by atoms with Crippen molar-refractivity contribution in [2.24, 2.45) is 0 Å². The standard InChI is InChI=1S/C21H22N4O2/c1-15-5-2-3-7-18(15)23-21-22-10-8-19(24-21)16-6-4-11-25(13-16)20(26)17-9-12-27-14-17/h2-3,5,7-10,12,14,16H,4,6,11,13H2,1H3,(H,22,23,24). The number of benzene rings is 1. The summed E-state index contributed by atoms with van der Waals surface area (Å²) in [5, 5.41) is 3.29. The minimum atomic E-state index is 0.0146. The zero-order chi connectivity index (χ0) is 18.6. The Balaban J connectivity index is 1.50. The van der Waals surface area contributed by atoms with E-state index in [1.807, 2.05) is 42.2 Å². The predicted octanol–water partition coefficient (Wildman–Crippen LogP) is 4.14. The number of para-hydroxylation sites is 1. The molecular formula is C21H22N4O2. The first-order valence-electron chi connectivity index (χ1n) is 9.18. The number of aryl methyl sites for hydroxylation is 1. The molecule has 1 atom stereocenters. The Hall–Kier alpha value is -3.15. The molecule has 138 valence electrons. The molecule has 1 aromatic carbocycles. The lowest BCUT2D eigenvalue weighted by Crippen LogP contribution is -2.39. The van der Waals surface area contributed by atoms with Crippen LogP contribution in [0, 0.1) is 6.92 Å². The smallest absolute Gasteiger partial charge is 0.257 e. The number of carbonyl (C=O) groups excluding carboxylic acids is 1. The summed E-state index contributed by atoms with van der Waals surface area (Å²) in [5.74, 6) is 0.802. The van der Waals surface area contributed by atoms with Crippen molar-refractivity contribution in [2.45, 2.75) is 25.7 Å². The second kappa shape index (κ2) is 7.61. The maximum atomic E-state index is 12.6. The van der Waals surface area contributed by atoms with Crippen LogP contribution in [0.25, 0.3) is 0 Å². The highest BCUT2D eigenvalue weighted by Crippen LogP contribution is 2.27. The summed E-state index contributed by atoms with van der Waals surface area (Å²) < 4.78 is 5.04. The molecule has 3 heterocycles. The lowest BCUT2D eigenvalue weighted by Gasteiger charge is -2.32. The van der Waals surface area contributed by atoms with E-state index >= 15 is 0 Å². The van der Waals surface area contributed by atoms with Crippen LogP contribution in [-0.4, -0.2) is 33.9 Å². The van der Waals surface area contributed by atoms with E-state index in [1.165, 1.54) is 12.5 Å². The summed E-state index contributed by atoms with van der Waals surface area (Å²) in [5.41, 5.74) is 3.70. The van der Waals surface area contributed by atoms with Gasteiger partial charge in [-0.05, 0) is 43.5 Å². The number of hydrogen-bond acceptors (Lipinski definition) is 5. The maximum Gasteiger partial charge on any atom is 0.257 e. The van der Waals surface area contributed by atoms with Gasteiger partial charge in [-0.3, -0.25) is 4.79 Å². The molecule has 1 N–H and O–H groups in total. The Kier molecular flexibility index (Phi) is 4.87. The topological polar surface area (TPSA) is 71.3 Å².